The fourth-order valence-corrected chi connectivity index (χ4v) is 3.12. The van der Waals surface area contributed by atoms with E-state index in [0.29, 0.717) is 19.6 Å². The van der Waals surface area contributed by atoms with Crippen LogP contribution in [0.1, 0.15) is 12.2 Å². The van der Waals surface area contributed by atoms with Crippen molar-refractivity contribution in [2.75, 3.05) is 18.8 Å². The second kappa shape index (κ2) is 5.28. The van der Waals surface area contributed by atoms with E-state index in [4.69, 9.17) is 0 Å². The zero-order valence-corrected chi connectivity index (χ0v) is 11.4. The molecule has 1 aliphatic heterocycles. The Morgan fingerprint density at radius 3 is 2.79 bits per heavy atom. The first kappa shape index (κ1) is 14.0. The second-order valence-electron chi connectivity index (χ2n) is 4.78. The molecule has 1 fully saturated rings. The van der Waals surface area contributed by atoms with Crippen LogP contribution in [-0.2, 0) is 21.6 Å². The summed E-state index contributed by atoms with van der Waals surface area (Å²) in [7, 11) is -4.51. The van der Waals surface area contributed by atoms with Gasteiger partial charge in [0.05, 0.1) is 5.75 Å². The quantitative estimate of drug-likeness (QED) is 0.733. The van der Waals surface area contributed by atoms with Crippen molar-refractivity contribution in [2.24, 2.45) is 5.92 Å². The van der Waals surface area contributed by atoms with E-state index >= 15 is 0 Å². The smallest absolute Gasteiger partial charge is 0.302 e. The van der Waals surface area contributed by atoms with Gasteiger partial charge >= 0.3 is 10.2 Å². The van der Waals surface area contributed by atoms with Crippen LogP contribution in [0.2, 0.25) is 0 Å². The molecular formula is C11H16FN3O3S. The van der Waals surface area contributed by atoms with E-state index in [-0.39, 0.29) is 12.3 Å². The summed E-state index contributed by atoms with van der Waals surface area (Å²) in [5.41, 5.74) is 0. The first-order chi connectivity index (χ1) is 8.85. The van der Waals surface area contributed by atoms with Gasteiger partial charge in [-0.2, -0.15) is 8.42 Å². The molecule has 0 radical (unpaired) electrons. The molecule has 106 valence electrons. The molecule has 19 heavy (non-hydrogen) atoms. The Labute approximate surface area is 111 Å². The molecule has 1 amide bonds. The van der Waals surface area contributed by atoms with Gasteiger partial charge in [-0.25, -0.2) is 4.98 Å². The molecule has 0 aromatic carbocycles. The van der Waals surface area contributed by atoms with E-state index in [1.54, 1.807) is 11.1 Å². The molecule has 1 aromatic heterocycles. The van der Waals surface area contributed by atoms with E-state index in [2.05, 4.69) is 4.98 Å². The lowest BCUT2D eigenvalue weighted by Gasteiger charge is -2.17. The first-order valence-electron chi connectivity index (χ1n) is 6.03. The van der Waals surface area contributed by atoms with Crippen LogP contribution in [0.4, 0.5) is 3.89 Å². The summed E-state index contributed by atoms with van der Waals surface area (Å²) in [6, 6.07) is 0. The van der Waals surface area contributed by atoms with Gasteiger partial charge in [0.25, 0.3) is 0 Å². The fraction of sp³-hybridized carbons (Fsp3) is 0.636. The largest absolute Gasteiger partial charge is 0.341 e. The normalized spacial score (nSPS) is 20.2. The van der Waals surface area contributed by atoms with Gasteiger partial charge < -0.3 is 9.47 Å². The van der Waals surface area contributed by atoms with Crippen LogP contribution < -0.4 is 0 Å². The Hall–Kier alpha value is -1.44. The van der Waals surface area contributed by atoms with Gasteiger partial charge in [0.15, 0.2) is 0 Å². The van der Waals surface area contributed by atoms with E-state index in [1.807, 2.05) is 17.7 Å². The van der Waals surface area contributed by atoms with Crippen LogP contribution in [0.3, 0.4) is 0 Å². The van der Waals surface area contributed by atoms with Crippen molar-refractivity contribution < 1.29 is 17.1 Å². The number of rotatable bonds is 5. The Kier molecular flexibility index (Phi) is 3.88. The number of aryl methyl sites for hydroxylation is 1. The maximum atomic E-state index is 12.6. The van der Waals surface area contributed by atoms with Gasteiger partial charge in [-0.3, -0.25) is 4.79 Å². The molecule has 1 unspecified atom stereocenters. The molecule has 0 bridgehead atoms. The summed E-state index contributed by atoms with van der Waals surface area (Å²) in [4.78, 5) is 17.4. The third-order valence-corrected chi connectivity index (χ3v) is 4.13. The summed E-state index contributed by atoms with van der Waals surface area (Å²) in [5, 5.41) is 0. The summed E-state index contributed by atoms with van der Waals surface area (Å²) in [6.45, 7) is 3.26. The van der Waals surface area contributed by atoms with Crippen LogP contribution in [0.15, 0.2) is 12.4 Å². The van der Waals surface area contributed by atoms with Gasteiger partial charge in [0, 0.05) is 44.4 Å². The van der Waals surface area contributed by atoms with E-state index in [0.717, 1.165) is 5.82 Å². The number of aromatic nitrogens is 2. The third-order valence-electron chi connectivity index (χ3n) is 3.26. The number of halogens is 1. The van der Waals surface area contributed by atoms with Crippen molar-refractivity contribution in [3.63, 3.8) is 0 Å². The molecule has 8 heteroatoms. The van der Waals surface area contributed by atoms with Gasteiger partial charge in [-0.05, 0) is 6.92 Å². The number of nitrogens with zero attached hydrogens (tertiary/aromatic N) is 3. The van der Waals surface area contributed by atoms with Crippen LogP contribution in [-0.4, -0.2) is 47.6 Å². The van der Waals surface area contributed by atoms with Crippen molar-refractivity contribution in [1.29, 1.82) is 0 Å². The van der Waals surface area contributed by atoms with Crippen LogP contribution in [0.25, 0.3) is 0 Å². The monoisotopic (exact) mass is 289 g/mol. The molecule has 1 aromatic rings. The highest BCUT2D eigenvalue weighted by atomic mass is 32.3. The standard InChI is InChI=1S/C11H16FN3O3S/c1-9-13-2-3-14(9)4-5-15-7-10(6-11(15)16)8-19(12,17)18/h2-3,10H,4-8H2,1H3. The molecule has 2 heterocycles. The lowest BCUT2D eigenvalue weighted by Crippen LogP contribution is -2.29. The van der Waals surface area contributed by atoms with Crippen molar-refractivity contribution in [2.45, 2.75) is 19.9 Å². The topological polar surface area (TPSA) is 72.3 Å². The molecule has 0 spiro atoms. The molecule has 1 atom stereocenters. The van der Waals surface area contributed by atoms with E-state index in [9.17, 15) is 17.1 Å². The predicted octanol–water partition coefficient (Wildman–Crippen LogP) is 0.339. The number of amides is 1. The highest BCUT2D eigenvalue weighted by Gasteiger charge is 2.32. The number of likely N-dealkylation sites (tertiary alicyclic amines) is 1. The average molecular weight is 289 g/mol. The SMILES string of the molecule is Cc1nccn1CCN1CC(CS(=O)(=O)F)CC1=O. The fourth-order valence-electron chi connectivity index (χ4n) is 2.33. The molecular weight excluding hydrogens is 273 g/mol. The molecule has 1 saturated heterocycles. The summed E-state index contributed by atoms with van der Waals surface area (Å²) in [6.07, 6.45) is 3.60. The molecule has 0 aliphatic carbocycles. The predicted molar refractivity (Wildman–Crippen MR) is 66.5 cm³/mol. The maximum Gasteiger partial charge on any atom is 0.302 e. The lowest BCUT2D eigenvalue weighted by atomic mass is 10.1. The maximum absolute atomic E-state index is 12.6. The molecule has 0 N–H and O–H groups in total. The number of hydrogen-bond donors (Lipinski definition) is 0. The minimum atomic E-state index is -4.51. The number of carbonyl (C=O) groups excluding carboxylic acids is 1. The summed E-state index contributed by atoms with van der Waals surface area (Å²) >= 11 is 0. The molecule has 1 aliphatic rings. The van der Waals surface area contributed by atoms with Crippen LogP contribution >= 0.6 is 0 Å². The minimum absolute atomic E-state index is 0.103. The average Bonchev–Trinajstić information content (AvgIpc) is 2.80. The second-order valence-corrected chi connectivity index (χ2v) is 6.19. The van der Waals surface area contributed by atoms with Crippen molar-refractivity contribution in [1.82, 2.24) is 14.5 Å². The number of hydrogen-bond acceptors (Lipinski definition) is 4. The van der Waals surface area contributed by atoms with Gasteiger partial charge in [0.1, 0.15) is 5.82 Å². The van der Waals surface area contributed by atoms with Crippen molar-refractivity contribution >= 4 is 16.1 Å². The Morgan fingerprint density at radius 2 is 2.21 bits per heavy atom. The minimum Gasteiger partial charge on any atom is -0.341 e. The van der Waals surface area contributed by atoms with Crippen LogP contribution in [0.5, 0.6) is 0 Å². The Morgan fingerprint density at radius 1 is 1.47 bits per heavy atom. The van der Waals surface area contributed by atoms with Crippen LogP contribution in [0, 0.1) is 12.8 Å². The molecule has 6 nitrogen and oxygen atoms in total. The van der Waals surface area contributed by atoms with Gasteiger partial charge in [-0.15, -0.1) is 3.89 Å². The summed E-state index contributed by atoms with van der Waals surface area (Å²) < 4.78 is 35.7. The third kappa shape index (κ3) is 3.76. The zero-order valence-electron chi connectivity index (χ0n) is 10.6. The Bertz CT molecular complexity index is 569. The molecule has 2 rings (SSSR count). The number of carbonyl (C=O) groups is 1. The highest BCUT2D eigenvalue weighted by molar-refractivity contribution is 7.86. The zero-order chi connectivity index (χ0) is 14.0. The molecule has 0 saturated carbocycles. The van der Waals surface area contributed by atoms with Gasteiger partial charge in [0.2, 0.25) is 5.91 Å². The Balaban J connectivity index is 1.89. The lowest BCUT2D eigenvalue weighted by molar-refractivity contribution is -0.127. The van der Waals surface area contributed by atoms with Crippen molar-refractivity contribution in [3.05, 3.63) is 18.2 Å². The number of imidazole rings is 1. The van der Waals surface area contributed by atoms with E-state index < -0.39 is 21.9 Å². The first-order valence-corrected chi connectivity index (χ1v) is 7.58. The summed E-state index contributed by atoms with van der Waals surface area (Å²) in [5.74, 6) is -0.272. The van der Waals surface area contributed by atoms with E-state index in [1.165, 1.54) is 0 Å². The van der Waals surface area contributed by atoms with Gasteiger partial charge in [-0.1, -0.05) is 0 Å². The van der Waals surface area contributed by atoms with Crippen molar-refractivity contribution in [3.8, 4) is 0 Å². The highest BCUT2D eigenvalue weighted by Crippen LogP contribution is 2.20.